The van der Waals surface area contributed by atoms with Crippen molar-refractivity contribution >= 4 is 17.2 Å². The Morgan fingerprint density at radius 1 is 1.70 bits per heavy atom. The van der Waals surface area contributed by atoms with Crippen molar-refractivity contribution < 1.29 is 4.79 Å². The van der Waals surface area contributed by atoms with Crippen LogP contribution in [0.1, 0.15) is 10.9 Å². The summed E-state index contributed by atoms with van der Waals surface area (Å²) < 4.78 is 0. The highest BCUT2D eigenvalue weighted by Gasteiger charge is 2.11. The molecule has 1 aromatic heterocycles. The van der Waals surface area contributed by atoms with Crippen molar-refractivity contribution in [1.82, 2.24) is 0 Å². The molecular formula is C6H8N2OS. The molecule has 0 unspecified atom stereocenters. The van der Waals surface area contributed by atoms with Gasteiger partial charge in [0.1, 0.15) is 6.04 Å². The molecule has 1 atom stereocenters. The molecule has 10 heavy (non-hydrogen) atoms. The maximum Gasteiger partial charge on any atom is 0.239 e. The largest absolute Gasteiger partial charge is 0.368 e. The van der Waals surface area contributed by atoms with Crippen LogP contribution in [0, 0.1) is 0 Å². The van der Waals surface area contributed by atoms with Crippen molar-refractivity contribution in [3.63, 3.8) is 0 Å². The van der Waals surface area contributed by atoms with E-state index in [9.17, 15) is 4.79 Å². The average molecular weight is 156 g/mol. The van der Waals surface area contributed by atoms with Gasteiger partial charge in [0.25, 0.3) is 0 Å². The lowest BCUT2D eigenvalue weighted by atomic mass is 10.2. The lowest BCUT2D eigenvalue weighted by Gasteiger charge is -2.01. The molecule has 3 nitrogen and oxygen atoms in total. The van der Waals surface area contributed by atoms with Gasteiger partial charge in [-0.2, -0.15) is 0 Å². The van der Waals surface area contributed by atoms with Crippen LogP contribution in [0.15, 0.2) is 17.5 Å². The summed E-state index contributed by atoms with van der Waals surface area (Å²) >= 11 is 1.43. The third-order valence-electron chi connectivity index (χ3n) is 1.16. The molecule has 0 aliphatic heterocycles. The van der Waals surface area contributed by atoms with Crippen LogP contribution in [-0.4, -0.2) is 5.91 Å². The molecule has 0 fully saturated rings. The number of nitrogens with two attached hydrogens (primary N) is 2. The monoisotopic (exact) mass is 156 g/mol. The summed E-state index contributed by atoms with van der Waals surface area (Å²) in [5.41, 5.74) is 10.4. The quantitative estimate of drug-likeness (QED) is 0.643. The molecule has 1 heterocycles. The minimum atomic E-state index is -0.639. The third kappa shape index (κ3) is 1.34. The number of carbonyl (C=O) groups excluding carboxylic acids is 1. The van der Waals surface area contributed by atoms with Crippen molar-refractivity contribution in [2.45, 2.75) is 6.04 Å². The maximum absolute atomic E-state index is 10.5. The molecule has 1 amide bonds. The van der Waals surface area contributed by atoms with E-state index in [1.165, 1.54) is 11.3 Å². The molecule has 1 aromatic rings. The molecule has 4 heteroatoms. The van der Waals surface area contributed by atoms with E-state index >= 15 is 0 Å². The average Bonchev–Trinajstić information content (AvgIpc) is 2.36. The van der Waals surface area contributed by atoms with E-state index in [1.54, 1.807) is 6.07 Å². The number of rotatable bonds is 2. The lowest BCUT2D eigenvalue weighted by Crippen LogP contribution is -2.27. The maximum atomic E-state index is 10.5. The Balaban J connectivity index is 2.77. The Morgan fingerprint density at radius 2 is 2.40 bits per heavy atom. The van der Waals surface area contributed by atoms with Crippen LogP contribution in [0.3, 0.4) is 0 Å². The smallest absolute Gasteiger partial charge is 0.239 e. The van der Waals surface area contributed by atoms with E-state index in [0.29, 0.717) is 0 Å². The first-order valence-electron chi connectivity index (χ1n) is 2.80. The van der Waals surface area contributed by atoms with E-state index < -0.39 is 11.9 Å². The van der Waals surface area contributed by atoms with Gasteiger partial charge in [-0.05, 0) is 11.4 Å². The SMILES string of the molecule is NC(=O)[C@@H](N)c1cccs1. The normalized spacial score (nSPS) is 12.9. The molecule has 0 aromatic carbocycles. The molecule has 0 aliphatic rings. The van der Waals surface area contributed by atoms with Gasteiger partial charge in [0.15, 0.2) is 0 Å². The third-order valence-corrected chi connectivity index (χ3v) is 2.11. The fraction of sp³-hybridized carbons (Fsp3) is 0.167. The first-order valence-corrected chi connectivity index (χ1v) is 3.68. The second kappa shape index (κ2) is 2.81. The highest BCUT2D eigenvalue weighted by atomic mass is 32.1. The molecule has 1 rings (SSSR count). The second-order valence-corrected chi connectivity index (χ2v) is 2.87. The van der Waals surface area contributed by atoms with Crippen LogP contribution in [0.5, 0.6) is 0 Å². The number of primary amides is 1. The van der Waals surface area contributed by atoms with Gasteiger partial charge in [0.2, 0.25) is 5.91 Å². The van der Waals surface area contributed by atoms with Gasteiger partial charge in [-0.15, -0.1) is 11.3 Å². The van der Waals surface area contributed by atoms with Crippen LogP contribution < -0.4 is 11.5 Å². The fourth-order valence-corrected chi connectivity index (χ4v) is 1.34. The van der Waals surface area contributed by atoms with Gasteiger partial charge in [-0.1, -0.05) is 6.07 Å². The molecular weight excluding hydrogens is 148 g/mol. The molecule has 0 saturated heterocycles. The van der Waals surface area contributed by atoms with Crippen molar-refractivity contribution in [2.75, 3.05) is 0 Å². The van der Waals surface area contributed by atoms with Crippen LogP contribution in [0.4, 0.5) is 0 Å². The Bertz CT molecular complexity index is 220. The summed E-state index contributed by atoms with van der Waals surface area (Å²) in [7, 11) is 0. The standard InChI is InChI=1S/C6H8N2OS/c7-5(6(8)9)4-2-1-3-10-4/h1-3,5H,7H2,(H2,8,9)/t5-/m0/s1. The van der Waals surface area contributed by atoms with Gasteiger partial charge in [-0.25, -0.2) is 0 Å². The van der Waals surface area contributed by atoms with Gasteiger partial charge in [-0.3, -0.25) is 4.79 Å². The van der Waals surface area contributed by atoms with Crippen molar-refractivity contribution in [3.8, 4) is 0 Å². The van der Waals surface area contributed by atoms with Crippen LogP contribution in [0.2, 0.25) is 0 Å². The first-order chi connectivity index (χ1) is 4.72. The molecule has 54 valence electrons. The van der Waals surface area contributed by atoms with Crippen molar-refractivity contribution in [2.24, 2.45) is 11.5 Å². The summed E-state index contributed by atoms with van der Waals surface area (Å²) in [6.45, 7) is 0. The molecule has 0 spiro atoms. The van der Waals surface area contributed by atoms with E-state index in [-0.39, 0.29) is 0 Å². The number of thiophene rings is 1. The van der Waals surface area contributed by atoms with E-state index in [0.717, 1.165) is 4.88 Å². The summed E-state index contributed by atoms with van der Waals surface area (Å²) in [5, 5.41) is 1.86. The summed E-state index contributed by atoms with van der Waals surface area (Å²) in [6.07, 6.45) is 0. The minimum absolute atomic E-state index is 0.484. The van der Waals surface area contributed by atoms with E-state index in [4.69, 9.17) is 11.5 Å². The number of amides is 1. The van der Waals surface area contributed by atoms with E-state index in [1.807, 2.05) is 11.4 Å². The molecule has 0 saturated carbocycles. The predicted molar refractivity (Wildman–Crippen MR) is 40.4 cm³/mol. The predicted octanol–water partition coefficient (Wildman–Crippen LogP) is 0.233. The molecule has 0 radical (unpaired) electrons. The number of hydrogen-bond donors (Lipinski definition) is 2. The highest BCUT2D eigenvalue weighted by Crippen LogP contribution is 2.15. The Hall–Kier alpha value is -0.870. The lowest BCUT2D eigenvalue weighted by molar-refractivity contribution is -0.119. The second-order valence-electron chi connectivity index (χ2n) is 1.90. The number of carbonyl (C=O) groups is 1. The van der Waals surface area contributed by atoms with Crippen molar-refractivity contribution in [1.29, 1.82) is 0 Å². The van der Waals surface area contributed by atoms with Gasteiger partial charge in [0, 0.05) is 4.88 Å². The Kier molecular flexibility index (Phi) is 2.03. The first kappa shape index (κ1) is 7.24. The fourth-order valence-electron chi connectivity index (χ4n) is 0.608. The highest BCUT2D eigenvalue weighted by molar-refractivity contribution is 7.10. The zero-order chi connectivity index (χ0) is 7.56. The molecule has 4 N–H and O–H groups in total. The van der Waals surface area contributed by atoms with Crippen molar-refractivity contribution in [3.05, 3.63) is 22.4 Å². The van der Waals surface area contributed by atoms with Crippen LogP contribution in [-0.2, 0) is 4.79 Å². The summed E-state index contributed by atoms with van der Waals surface area (Å²) in [5.74, 6) is -0.484. The van der Waals surface area contributed by atoms with Gasteiger partial charge < -0.3 is 11.5 Å². The molecule has 0 bridgehead atoms. The summed E-state index contributed by atoms with van der Waals surface area (Å²) in [6, 6.07) is 2.99. The minimum Gasteiger partial charge on any atom is -0.368 e. The van der Waals surface area contributed by atoms with Gasteiger partial charge in [0.05, 0.1) is 0 Å². The van der Waals surface area contributed by atoms with E-state index in [2.05, 4.69) is 0 Å². The summed E-state index contributed by atoms with van der Waals surface area (Å²) in [4.78, 5) is 11.3. The zero-order valence-electron chi connectivity index (χ0n) is 5.28. The van der Waals surface area contributed by atoms with Gasteiger partial charge >= 0.3 is 0 Å². The Morgan fingerprint density at radius 3 is 2.80 bits per heavy atom. The number of hydrogen-bond acceptors (Lipinski definition) is 3. The Labute approximate surface area is 62.6 Å². The topological polar surface area (TPSA) is 69.1 Å². The molecule has 0 aliphatic carbocycles. The van der Waals surface area contributed by atoms with Crippen LogP contribution in [0.25, 0.3) is 0 Å². The zero-order valence-corrected chi connectivity index (χ0v) is 6.10. The van der Waals surface area contributed by atoms with Crippen LogP contribution >= 0.6 is 11.3 Å².